The summed E-state index contributed by atoms with van der Waals surface area (Å²) in [6.07, 6.45) is 5.52. The van der Waals surface area contributed by atoms with Gasteiger partial charge in [-0.15, -0.1) is 0 Å². The zero-order valence-corrected chi connectivity index (χ0v) is 20.7. The van der Waals surface area contributed by atoms with Gasteiger partial charge < -0.3 is 16.0 Å². The SMILES string of the molecule is CCC(NC(=O)N1C(=O)[C@H](Cc2ccnc(N)c2)[C@H]1C(=O)N(C)c1ccncc1)c1cccc(Cl)c1. The molecule has 3 heterocycles. The van der Waals surface area contributed by atoms with E-state index in [0.717, 1.165) is 16.0 Å². The van der Waals surface area contributed by atoms with Crippen molar-refractivity contribution in [3.05, 3.63) is 83.3 Å². The highest BCUT2D eigenvalue weighted by Crippen LogP contribution is 2.33. The zero-order chi connectivity index (χ0) is 25.8. The summed E-state index contributed by atoms with van der Waals surface area (Å²) in [5.74, 6) is -1.21. The molecule has 36 heavy (non-hydrogen) atoms. The fraction of sp³-hybridized carbons (Fsp3) is 0.269. The Labute approximate surface area is 214 Å². The van der Waals surface area contributed by atoms with Crippen LogP contribution in [0.5, 0.6) is 0 Å². The molecule has 10 heteroatoms. The number of likely N-dealkylation sites (tertiary alicyclic amines) is 1. The Kier molecular flexibility index (Phi) is 7.49. The number of rotatable bonds is 7. The van der Waals surface area contributed by atoms with E-state index in [1.807, 2.05) is 13.0 Å². The largest absolute Gasteiger partial charge is 0.384 e. The lowest BCUT2D eigenvalue weighted by Gasteiger charge is -2.46. The molecule has 0 spiro atoms. The van der Waals surface area contributed by atoms with E-state index in [9.17, 15) is 14.4 Å². The standard InChI is InChI=1S/C26H27ClN6O3/c1-3-21(17-5-4-6-18(27)15-17)31-26(36)33-23(25(35)32(2)19-8-10-29-11-9-19)20(24(33)34)13-16-7-12-30-22(28)14-16/h4-12,14-15,20-21,23H,3,13H2,1-2H3,(H2,28,30)(H,31,36)/t20-,21?,23+/m1/s1. The number of benzene rings is 1. The number of halogens is 1. The number of likely N-dealkylation sites (N-methyl/N-ethyl adjacent to an activating group) is 1. The molecule has 1 aliphatic heterocycles. The van der Waals surface area contributed by atoms with Gasteiger partial charge in [-0.3, -0.25) is 19.5 Å². The van der Waals surface area contributed by atoms with Gasteiger partial charge in [0.05, 0.1) is 12.0 Å². The van der Waals surface area contributed by atoms with Crippen LogP contribution in [0.4, 0.5) is 16.3 Å². The van der Waals surface area contributed by atoms with Crippen molar-refractivity contribution < 1.29 is 14.4 Å². The highest BCUT2D eigenvalue weighted by Gasteiger charge is 2.55. The zero-order valence-electron chi connectivity index (χ0n) is 20.0. The second-order valence-electron chi connectivity index (χ2n) is 8.62. The monoisotopic (exact) mass is 506 g/mol. The molecular weight excluding hydrogens is 480 g/mol. The number of anilines is 2. The Morgan fingerprint density at radius 1 is 1.17 bits per heavy atom. The molecule has 1 unspecified atom stereocenters. The molecule has 9 nitrogen and oxygen atoms in total. The van der Waals surface area contributed by atoms with Crippen LogP contribution in [-0.4, -0.2) is 45.8 Å². The van der Waals surface area contributed by atoms with Crippen LogP contribution in [0.2, 0.25) is 5.02 Å². The van der Waals surface area contributed by atoms with E-state index < -0.39 is 23.9 Å². The van der Waals surface area contributed by atoms with E-state index in [-0.39, 0.29) is 18.4 Å². The quantitative estimate of drug-likeness (QED) is 0.472. The van der Waals surface area contributed by atoms with Crippen LogP contribution in [0.3, 0.4) is 0 Å². The van der Waals surface area contributed by atoms with Crippen LogP contribution in [0.15, 0.2) is 67.1 Å². The summed E-state index contributed by atoms with van der Waals surface area (Å²) in [6.45, 7) is 1.92. The molecule has 2 aromatic heterocycles. The van der Waals surface area contributed by atoms with Crippen molar-refractivity contribution in [3.8, 4) is 0 Å². The summed E-state index contributed by atoms with van der Waals surface area (Å²) >= 11 is 6.13. The Morgan fingerprint density at radius 2 is 1.92 bits per heavy atom. The van der Waals surface area contributed by atoms with Crippen molar-refractivity contribution in [2.45, 2.75) is 31.8 Å². The first-order chi connectivity index (χ1) is 17.3. The van der Waals surface area contributed by atoms with Crippen LogP contribution < -0.4 is 16.0 Å². The van der Waals surface area contributed by atoms with Gasteiger partial charge in [0.15, 0.2) is 0 Å². The Bertz CT molecular complexity index is 1270. The highest BCUT2D eigenvalue weighted by atomic mass is 35.5. The maximum absolute atomic E-state index is 13.6. The number of imide groups is 1. The lowest BCUT2D eigenvalue weighted by atomic mass is 9.81. The number of pyridine rings is 2. The third-order valence-electron chi connectivity index (χ3n) is 6.32. The van der Waals surface area contributed by atoms with Crippen molar-refractivity contribution in [1.82, 2.24) is 20.2 Å². The Balaban J connectivity index is 1.60. The first kappa shape index (κ1) is 25.1. The first-order valence-corrected chi connectivity index (χ1v) is 11.9. The predicted molar refractivity (Wildman–Crippen MR) is 137 cm³/mol. The van der Waals surface area contributed by atoms with Gasteiger partial charge in [-0.25, -0.2) is 9.78 Å². The smallest absolute Gasteiger partial charge is 0.325 e. The normalized spacial score (nSPS) is 17.8. The van der Waals surface area contributed by atoms with Crippen molar-refractivity contribution >= 4 is 41.0 Å². The molecule has 3 atom stereocenters. The number of nitrogens with one attached hydrogen (secondary N) is 1. The van der Waals surface area contributed by atoms with E-state index in [1.165, 1.54) is 4.90 Å². The summed E-state index contributed by atoms with van der Waals surface area (Å²) in [5.41, 5.74) is 7.97. The number of hydrogen-bond donors (Lipinski definition) is 2. The number of β-lactam (4-membered cyclic amide) rings is 1. The lowest BCUT2D eigenvalue weighted by Crippen LogP contribution is -2.70. The number of nitrogen functional groups attached to an aromatic ring is 1. The third kappa shape index (κ3) is 5.16. The van der Waals surface area contributed by atoms with E-state index in [1.54, 1.807) is 68.1 Å². The van der Waals surface area contributed by atoms with Crippen LogP contribution >= 0.6 is 11.6 Å². The molecule has 0 aliphatic carbocycles. The van der Waals surface area contributed by atoms with Crippen LogP contribution in [0.1, 0.15) is 30.5 Å². The van der Waals surface area contributed by atoms with Gasteiger partial charge in [0.25, 0.3) is 5.91 Å². The first-order valence-electron chi connectivity index (χ1n) is 11.6. The molecule has 1 fully saturated rings. The van der Waals surface area contributed by atoms with Crippen LogP contribution in [0.25, 0.3) is 0 Å². The van der Waals surface area contributed by atoms with Crippen molar-refractivity contribution in [3.63, 3.8) is 0 Å². The second kappa shape index (κ2) is 10.7. The molecule has 3 aromatic rings. The van der Waals surface area contributed by atoms with Gasteiger partial charge >= 0.3 is 6.03 Å². The molecular formula is C26H27ClN6O3. The fourth-order valence-corrected chi connectivity index (χ4v) is 4.59. The van der Waals surface area contributed by atoms with Gasteiger partial charge in [-0.05, 0) is 60.4 Å². The summed E-state index contributed by atoms with van der Waals surface area (Å²) in [6, 6.07) is 12.0. The number of nitrogens with zero attached hydrogens (tertiary/aromatic N) is 4. The van der Waals surface area contributed by atoms with Gasteiger partial charge in [-0.1, -0.05) is 30.7 Å². The second-order valence-corrected chi connectivity index (χ2v) is 9.06. The maximum atomic E-state index is 13.6. The lowest BCUT2D eigenvalue weighted by molar-refractivity contribution is -0.156. The van der Waals surface area contributed by atoms with Crippen molar-refractivity contribution in [1.29, 1.82) is 0 Å². The number of aromatic nitrogens is 2. The third-order valence-corrected chi connectivity index (χ3v) is 6.56. The van der Waals surface area contributed by atoms with Gasteiger partial charge in [0.1, 0.15) is 11.9 Å². The average molecular weight is 507 g/mol. The number of amides is 4. The van der Waals surface area contributed by atoms with E-state index in [0.29, 0.717) is 22.9 Å². The maximum Gasteiger partial charge on any atom is 0.325 e. The minimum atomic E-state index is -0.984. The van der Waals surface area contributed by atoms with Gasteiger partial charge in [-0.2, -0.15) is 0 Å². The van der Waals surface area contributed by atoms with Crippen LogP contribution in [-0.2, 0) is 16.0 Å². The molecule has 186 valence electrons. The summed E-state index contributed by atoms with van der Waals surface area (Å²) in [5, 5.41) is 3.44. The molecule has 0 saturated carbocycles. The summed E-state index contributed by atoms with van der Waals surface area (Å²) in [7, 11) is 1.61. The van der Waals surface area contributed by atoms with Crippen molar-refractivity contribution in [2.75, 3.05) is 17.7 Å². The Hall–Kier alpha value is -3.98. The number of urea groups is 1. The minimum Gasteiger partial charge on any atom is -0.384 e. The fourth-order valence-electron chi connectivity index (χ4n) is 4.39. The minimum absolute atomic E-state index is 0.251. The number of hydrogen-bond acceptors (Lipinski definition) is 6. The highest BCUT2D eigenvalue weighted by molar-refractivity contribution is 6.30. The van der Waals surface area contributed by atoms with E-state index in [4.69, 9.17) is 17.3 Å². The Morgan fingerprint density at radius 3 is 2.58 bits per heavy atom. The number of carbonyl (C=O) groups is 3. The van der Waals surface area contributed by atoms with E-state index >= 15 is 0 Å². The van der Waals surface area contributed by atoms with Crippen molar-refractivity contribution in [2.24, 2.45) is 5.92 Å². The molecule has 1 aromatic carbocycles. The van der Waals surface area contributed by atoms with E-state index in [2.05, 4.69) is 15.3 Å². The predicted octanol–water partition coefficient (Wildman–Crippen LogP) is 3.61. The number of nitrogens with two attached hydrogens (primary N) is 1. The van der Waals surface area contributed by atoms with Crippen LogP contribution in [0, 0.1) is 5.92 Å². The summed E-state index contributed by atoms with van der Waals surface area (Å²) < 4.78 is 0. The molecule has 1 saturated heterocycles. The van der Waals surface area contributed by atoms with Gasteiger partial charge in [0, 0.05) is 36.3 Å². The molecule has 3 N–H and O–H groups in total. The molecule has 4 rings (SSSR count). The molecule has 1 aliphatic rings. The number of carbonyl (C=O) groups excluding carboxylic acids is 3. The molecule has 0 radical (unpaired) electrons. The molecule has 4 amide bonds. The van der Waals surface area contributed by atoms with Gasteiger partial charge in [0.2, 0.25) is 5.91 Å². The topological polar surface area (TPSA) is 122 Å². The average Bonchev–Trinajstić information content (AvgIpc) is 2.88. The summed E-state index contributed by atoms with van der Waals surface area (Å²) in [4.78, 5) is 50.6. The molecule has 0 bridgehead atoms.